The number of nitrogens with zero attached hydrogens (tertiary/aromatic N) is 3. The fourth-order valence-electron chi connectivity index (χ4n) is 3.33. The molecule has 0 aliphatic rings. The Labute approximate surface area is 138 Å². The molecule has 5 rings (SSSR count). The van der Waals surface area contributed by atoms with Gasteiger partial charge in [-0.3, -0.25) is 4.98 Å². The third-order valence-electron chi connectivity index (χ3n) is 4.45. The lowest BCUT2D eigenvalue weighted by Crippen LogP contribution is -1.99. The van der Waals surface area contributed by atoms with Crippen LogP contribution in [-0.2, 0) is 0 Å². The van der Waals surface area contributed by atoms with Gasteiger partial charge in [-0.1, -0.05) is 42.5 Å². The summed E-state index contributed by atoms with van der Waals surface area (Å²) in [5, 5.41) is 8.88. The maximum Gasteiger partial charge on any atom is 0.153 e. The van der Waals surface area contributed by atoms with E-state index in [1.165, 1.54) is 0 Å². The number of hydrogen-bond acceptors (Lipinski definition) is 3. The van der Waals surface area contributed by atoms with Crippen LogP contribution in [0.5, 0.6) is 0 Å². The molecular weight excluding hydrogens is 296 g/mol. The Bertz CT molecular complexity index is 1220. The summed E-state index contributed by atoms with van der Waals surface area (Å²) in [5.74, 6) is 0.538. The van der Waals surface area contributed by atoms with Gasteiger partial charge in [0.1, 0.15) is 0 Å². The zero-order valence-corrected chi connectivity index (χ0v) is 12.8. The smallest absolute Gasteiger partial charge is 0.153 e. The van der Waals surface area contributed by atoms with Gasteiger partial charge in [-0.25, -0.2) is 4.68 Å². The molecule has 0 saturated carbocycles. The Kier molecular flexibility index (Phi) is 2.61. The van der Waals surface area contributed by atoms with E-state index in [4.69, 9.17) is 5.73 Å². The summed E-state index contributed by atoms with van der Waals surface area (Å²) in [4.78, 5) is 4.61. The Morgan fingerprint density at radius 3 is 2.38 bits per heavy atom. The maximum atomic E-state index is 6.10. The topological polar surface area (TPSA) is 56.7 Å². The third-order valence-corrected chi connectivity index (χ3v) is 4.45. The van der Waals surface area contributed by atoms with Gasteiger partial charge in [0.15, 0.2) is 5.82 Å². The minimum absolute atomic E-state index is 0.538. The van der Waals surface area contributed by atoms with E-state index in [0.717, 1.165) is 38.3 Å². The van der Waals surface area contributed by atoms with Crippen LogP contribution in [0, 0.1) is 0 Å². The number of pyridine rings is 1. The van der Waals surface area contributed by atoms with Gasteiger partial charge in [-0.05, 0) is 29.7 Å². The van der Waals surface area contributed by atoms with Gasteiger partial charge in [0, 0.05) is 22.4 Å². The van der Waals surface area contributed by atoms with Gasteiger partial charge < -0.3 is 5.73 Å². The largest absolute Gasteiger partial charge is 0.382 e. The lowest BCUT2D eigenvalue weighted by atomic mass is 10.1. The molecule has 0 bridgehead atoms. The summed E-state index contributed by atoms with van der Waals surface area (Å²) in [7, 11) is 0. The first-order valence-corrected chi connectivity index (χ1v) is 7.83. The van der Waals surface area contributed by atoms with Crippen LogP contribution in [-0.4, -0.2) is 14.8 Å². The second kappa shape index (κ2) is 4.80. The standard InChI is InChI=1S/C20H14N4/c21-20-15-7-2-4-10-18(15)24(23-20)19-11-5-8-13-14-6-1-3-9-17(14)22-12-16(13)19/h1-12H,(H2,21,23). The molecule has 0 saturated heterocycles. The van der Waals surface area contributed by atoms with Crippen LogP contribution in [0.25, 0.3) is 38.3 Å². The highest BCUT2D eigenvalue weighted by Crippen LogP contribution is 2.30. The molecule has 3 aromatic carbocycles. The van der Waals surface area contributed by atoms with Crippen molar-refractivity contribution in [2.24, 2.45) is 0 Å². The van der Waals surface area contributed by atoms with Crippen molar-refractivity contribution in [3.8, 4) is 5.69 Å². The molecule has 0 radical (unpaired) electrons. The molecule has 0 aliphatic carbocycles. The normalized spacial score (nSPS) is 11.5. The van der Waals surface area contributed by atoms with E-state index >= 15 is 0 Å². The summed E-state index contributed by atoms with van der Waals surface area (Å²) in [6, 6.07) is 22.4. The molecule has 114 valence electrons. The van der Waals surface area contributed by atoms with E-state index in [9.17, 15) is 0 Å². The van der Waals surface area contributed by atoms with Crippen LogP contribution in [0.4, 0.5) is 5.82 Å². The summed E-state index contributed by atoms with van der Waals surface area (Å²) in [5.41, 5.74) is 9.07. The number of fused-ring (bicyclic) bond motifs is 4. The van der Waals surface area contributed by atoms with E-state index < -0.39 is 0 Å². The van der Waals surface area contributed by atoms with Gasteiger partial charge in [-0.15, -0.1) is 5.10 Å². The fourth-order valence-corrected chi connectivity index (χ4v) is 3.33. The Hall–Kier alpha value is -3.40. The summed E-state index contributed by atoms with van der Waals surface area (Å²) in [6.07, 6.45) is 1.92. The first-order chi connectivity index (χ1) is 11.8. The maximum absolute atomic E-state index is 6.10. The highest BCUT2D eigenvalue weighted by molar-refractivity contribution is 6.08. The molecule has 0 aliphatic heterocycles. The van der Waals surface area contributed by atoms with Crippen LogP contribution in [0.2, 0.25) is 0 Å². The Balaban J connectivity index is 1.91. The minimum atomic E-state index is 0.538. The number of nitrogens with two attached hydrogens (primary N) is 1. The molecule has 5 aromatic rings. The number of benzene rings is 3. The number of aromatic nitrogens is 3. The highest BCUT2D eigenvalue weighted by atomic mass is 15.3. The van der Waals surface area contributed by atoms with Gasteiger partial charge in [-0.2, -0.15) is 0 Å². The van der Waals surface area contributed by atoms with Crippen LogP contribution in [0.15, 0.2) is 72.9 Å². The van der Waals surface area contributed by atoms with Crippen molar-refractivity contribution in [3.05, 3.63) is 72.9 Å². The van der Waals surface area contributed by atoms with E-state index in [-0.39, 0.29) is 0 Å². The number of rotatable bonds is 1. The van der Waals surface area contributed by atoms with Crippen molar-refractivity contribution in [2.75, 3.05) is 5.73 Å². The lowest BCUT2D eigenvalue weighted by Gasteiger charge is -2.09. The van der Waals surface area contributed by atoms with E-state index in [1.54, 1.807) is 0 Å². The SMILES string of the molecule is Nc1nn(-c2cccc3c2cnc2ccccc23)c2ccccc12. The van der Waals surface area contributed by atoms with Crippen molar-refractivity contribution in [3.63, 3.8) is 0 Å². The van der Waals surface area contributed by atoms with Crippen molar-refractivity contribution in [2.45, 2.75) is 0 Å². The van der Waals surface area contributed by atoms with E-state index in [2.05, 4.69) is 34.3 Å². The second-order valence-electron chi connectivity index (χ2n) is 5.83. The van der Waals surface area contributed by atoms with Crippen molar-refractivity contribution in [1.29, 1.82) is 0 Å². The Morgan fingerprint density at radius 2 is 1.46 bits per heavy atom. The fraction of sp³-hybridized carbons (Fsp3) is 0. The molecule has 0 unspecified atom stereocenters. The Morgan fingerprint density at radius 1 is 0.708 bits per heavy atom. The zero-order chi connectivity index (χ0) is 16.1. The molecule has 2 N–H and O–H groups in total. The van der Waals surface area contributed by atoms with Crippen molar-refractivity contribution < 1.29 is 0 Å². The number of anilines is 1. The van der Waals surface area contributed by atoms with Crippen LogP contribution in [0.1, 0.15) is 0 Å². The molecule has 0 atom stereocenters. The molecule has 0 spiro atoms. The molecule has 0 fully saturated rings. The number of para-hydroxylation sites is 2. The highest BCUT2D eigenvalue weighted by Gasteiger charge is 2.12. The lowest BCUT2D eigenvalue weighted by molar-refractivity contribution is 0.924. The van der Waals surface area contributed by atoms with Crippen LogP contribution in [0.3, 0.4) is 0 Å². The van der Waals surface area contributed by atoms with E-state index in [1.807, 2.05) is 53.3 Å². The predicted molar refractivity (Wildman–Crippen MR) is 98.3 cm³/mol. The first kappa shape index (κ1) is 13.1. The van der Waals surface area contributed by atoms with Crippen molar-refractivity contribution >= 4 is 38.4 Å². The quantitative estimate of drug-likeness (QED) is 0.469. The van der Waals surface area contributed by atoms with Crippen molar-refractivity contribution in [1.82, 2.24) is 14.8 Å². The second-order valence-corrected chi connectivity index (χ2v) is 5.83. The van der Waals surface area contributed by atoms with Gasteiger partial charge in [0.05, 0.1) is 16.7 Å². The minimum Gasteiger partial charge on any atom is -0.382 e. The van der Waals surface area contributed by atoms with Gasteiger partial charge >= 0.3 is 0 Å². The molecule has 24 heavy (non-hydrogen) atoms. The summed E-state index contributed by atoms with van der Waals surface area (Å²) < 4.78 is 1.91. The average Bonchev–Trinajstić information content (AvgIpc) is 2.98. The summed E-state index contributed by atoms with van der Waals surface area (Å²) >= 11 is 0. The van der Waals surface area contributed by atoms with E-state index in [0.29, 0.717) is 5.82 Å². The summed E-state index contributed by atoms with van der Waals surface area (Å²) in [6.45, 7) is 0. The molecule has 2 heterocycles. The molecule has 4 nitrogen and oxygen atoms in total. The predicted octanol–water partition coefficient (Wildman–Crippen LogP) is 4.31. The molecular formula is C20H14N4. The number of nitrogen functional groups attached to an aromatic ring is 1. The molecule has 2 aromatic heterocycles. The van der Waals surface area contributed by atoms with Gasteiger partial charge in [0.2, 0.25) is 0 Å². The molecule has 4 heteroatoms. The van der Waals surface area contributed by atoms with Gasteiger partial charge in [0.25, 0.3) is 0 Å². The zero-order valence-electron chi connectivity index (χ0n) is 12.8. The monoisotopic (exact) mass is 310 g/mol. The third kappa shape index (κ3) is 1.74. The number of hydrogen-bond donors (Lipinski definition) is 1. The first-order valence-electron chi connectivity index (χ1n) is 7.83. The van der Waals surface area contributed by atoms with Crippen LogP contribution >= 0.6 is 0 Å². The average molecular weight is 310 g/mol. The van der Waals surface area contributed by atoms with Crippen LogP contribution < -0.4 is 5.73 Å². The molecule has 0 amide bonds.